The minimum absolute atomic E-state index is 0.00641. The summed E-state index contributed by atoms with van der Waals surface area (Å²) in [5.41, 5.74) is 0.863. The van der Waals surface area contributed by atoms with Gasteiger partial charge in [0.2, 0.25) is 0 Å². The van der Waals surface area contributed by atoms with Crippen molar-refractivity contribution in [2.24, 2.45) is 0 Å². The molecule has 1 aromatic carbocycles. The molecule has 0 radical (unpaired) electrons. The van der Waals surface area contributed by atoms with Crippen molar-refractivity contribution >= 4 is 17.5 Å². The maximum Gasteiger partial charge on any atom is 0.260 e. The number of halogens is 1. The van der Waals surface area contributed by atoms with Crippen LogP contribution in [0.4, 0.5) is 0 Å². The number of hydrogen-bond donors (Lipinski definition) is 1. The second-order valence-electron chi connectivity index (χ2n) is 4.80. The fraction of sp³-hybridized carbons (Fsp3) is 0.500. The molecule has 2 rings (SSSR count). The number of rotatable bonds is 4. The standard InChI is InChI=1S/C14H19ClN2O2/c1-10-12(15)4-3-5-13(10)19-9-14(18)17(2)11-6-7-16-8-11/h3-5,11,16H,6-9H2,1-2H3. The first-order valence-electron chi connectivity index (χ1n) is 6.44. The van der Waals surface area contributed by atoms with Crippen LogP contribution < -0.4 is 10.1 Å². The molecule has 1 saturated heterocycles. The topological polar surface area (TPSA) is 41.6 Å². The Morgan fingerprint density at radius 3 is 3.05 bits per heavy atom. The summed E-state index contributed by atoms with van der Waals surface area (Å²) >= 11 is 6.01. The van der Waals surface area contributed by atoms with E-state index in [0.29, 0.717) is 10.8 Å². The van der Waals surface area contributed by atoms with Gasteiger partial charge in [-0.2, -0.15) is 0 Å². The van der Waals surface area contributed by atoms with Crippen molar-refractivity contribution < 1.29 is 9.53 Å². The summed E-state index contributed by atoms with van der Waals surface area (Å²) in [5, 5.41) is 3.90. The van der Waals surface area contributed by atoms with Gasteiger partial charge >= 0.3 is 0 Å². The maximum atomic E-state index is 12.0. The quantitative estimate of drug-likeness (QED) is 0.916. The molecule has 0 aromatic heterocycles. The Bertz CT molecular complexity index is 459. The Kier molecular flexibility index (Phi) is 4.66. The number of benzene rings is 1. The first-order chi connectivity index (χ1) is 9.09. The molecule has 19 heavy (non-hydrogen) atoms. The molecule has 0 saturated carbocycles. The van der Waals surface area contributed by atoms with E-state index in [0.717, 1.165) is 25.1 Å². The van der Waals surface area contributed by atoms with Gasteiger partial charge < -0.3 is 15.0 Å². The average Bonchev–Trinajstić information content (AvgIpc) is 2.93. The second kappa shape index (κ2) is 6.26. The molecule has 1 aliphatic heterocycles. The van der Waals surface area contributed by atoms with Gasteiger partial charge in [-0.05, 0) is 32.0 Å². The van der Waals surface area contributed by atoms with Gasteiger partial charge in [-0.25, -0.2) is 0 Å². The highest BCUT2D eigenvalue weighted by atomic mass is 35.5. The van der Waals surface area contributed by atoms with Gasteiger partial charge in [0.25, 0.3) is 5.91 Å². The summed E-state index contributed by atoms with van der Waals surface area (Å²) in [5.74, 6) is 0.659. The van der Waals surface area contributed by atoms with Crippen LogP contribution in [0.2, 0.25) is 5.02 Å². The molecule has 1 heterocycles. The number of nitrogens with zero attached hydrogens (tertiary/aromatic N) is 1. The van der Waals surface area contributed by atoms with E-state index in [1.54, 1.807) is 4.90 Å². The molecule has 1 atom stereocenters. The second-order valence-corrected chi connectivity index (χ2v) is 5.21. The molecular weight excluding hydrogens is 264 g/mol. The maximum absolute atomic E-state index is 12.0. The van der Waals surface area contributed by atoms with E-state index >= 15 is 0 Å². The van der Waals surface area contributed by atoms with Gasteiger partial charge in [-0.15, -0.1) is 0 Å². The van der Waals surface area contributed by atoms with Gasteiger partial charge in [0.05, 0.1) is 0 Å². The molecule has 1 unspecified atom stereocenters. The number of ether oxygens (including phenoxy) is 1. The van der Waals surface area contributed by atoms with Crippen molar-refractivity contribution in [1.82, 2.24) is 10.2 Å². The van der Waals surface area contributed by atoms with E-state index in [1.807, 2.05) is 32.2 Å². The molecule has 104 valence electrons. The highest BCUT2D eigenvalue weighted by Gasteiger charge is 2.23. The van der Waals surface area contributed by atoms with Crippen LogP contribution >= 0.6 is 11.6 Å². The molecule has 0 spiro atoms. The lowest BCUT2D eigenvalue weighted by molar-refractivity contribution is -0.133. The number of likely N-dealkylation sites (N-methyl/N-ethyl adjacent to an activating group) is 1. The Labute approximate surface area is 118 Å². The van der Waals surface area contributed by atoms with Crippen molar-refractivity contribution in [1.29, 1.82) is 0 Å². The van der Waals surface area contributed by atoms with Crippen molar-refractivity contribution in [2.75, 3.05) is 26.7 Å². The summed E-state index contributed by atoms with van der Waals surface area (Å²) in [7, 11) is 1.83. The first kappa shape index (κ1) is 14.2. The van der Waals surface area contributed by atoms with Crippen LogP contribution in [0, 0.1) is 6.92 Å². The van der Waals surface area contributed by atoms with Gasteiger partial charge in [0.1, 0.15) is 5.75 Å². The zero-order valence-electron chi connectivity index (χ0n) is 11.3. The summed E-state index contributed by atoms with van der Waals surface area (Å²) in [4.78, 5) is 13.8. The molecule has 1 aromatic rings. The minimum Gasteiger partial charge on any atom is -0.483 e. The Hall–Kier alpha value is -1.26. The van der Waals surface area contributed by atoms with Gasteiger partial charge in [0, 0.05) is 30.2 Å². The molecule has 1 aliphatic rings. The van der Waals surface area contributed by atoms with Crippen LogP contribution in [-0.4, -0.2) is 43.6 Å². The third-order valence-electron chi connectivity index (χ3n) is 3.54. The van der Waals surface area contributed by atoms with Crippen molar-refractivity contribution in [3.8, 4) is 5.75 Å². The van der Waals surface area contributed by atoms with E-state index in [2.05, 4.69) is 5.32 Å². The van der Waals surface area contributed by atoms with Crippen molar-refractivity contribution in [2.45, 2.75) is 19.4 Å². The Morgan fingerprint density at radius 2 is 2.37 bits per heavy atom. The first-order valence-corrected chi connectivity index (χ1v) is 6.81. The molecule has 1 fully saturated rings. The lowest BCUT2D eigenvalue weighted by Crippen LogP contribution is -2.40. The van der Waals surface area contributed by atoms with E-state index in [9.17, 15) is 4.79 Å². The van der Waals surface area contributed by atoms with Gasteiger partial charge in [0.15, 0.2) is 6.61 Å². The van der Waals surface area contributed by atoms with E-state index in [-0.39, 0.29) is 18.6 Å². The van der Waals surface area contributed by atoms with Crippen LogP contribution in [0.3, 0.4) is 0 Å². The largest absolute Gasteiger partial charge is 0.483 e. The molecule has 1 N–H and O–H groups in total. The zero-order valence-corrected chi connectivity index (χ0v) is 12.0. The third-order valence-corrected chi connectivity index (χ3v) is 3.95. The number of nitrogens with one attached hydrogen (secondary N) is 1. The van der Waals surface area contributed by atoms with E-state index < -0.39 is 0 Å². The number of carbonyl (C=O) groups excluding carboxylic acids is 1. The number of carbonyl (C=O) groups is 1. The summed E-state index contributed by atoms with van der Waals surface area (Å²) < 4.78 is 5.56. The molecule has 4 nitrogen and oxygen atoms in total. The fourth-order valence-corrected chi connectivity index (χ4v) is 2.32. The third kappa shape index (κ3) is 3.39. The molecule has 5 heteroatoms. The monoisotopic (exact) mass is 282 g/mol. The van der Waals surface area contributed by atoms with Crippen molar-refractivity contribution in [3.05, 3.63) is 28.8 Å². The molecule has 0 aliphatic carbocycles. The van der Waals surface area contributed by atoms with Crippen molar-refractivity contribution in [3.63, 3.8) is 0 Å². The highest BCUT2D eigenvalue weighted by Crippen LogP contribution is 2.25. The van der Waals surface area contributed by atoms with Crippen LogP contribution in [0.15, 0.2) is 18.2 Å². The van der Waals surface area contributed by atoms with Gasteiger partial charge in [-0.1, -0.05) is 17.7 Å². The SMILES string of the molecule is Cc1c(Cl)cccc1OCC(=O)N(C)C1CCNC1. The van der Waals surface area contributed by atoms with Crippen LogP contribution in [0.5, 0.6) is 5.75 Å². The summed E-state index contributed by atoms with van der Waals surface area (Å²) in [6, 6.07) is 5.73. The fourth-order valence-electron chi connectivity index (χ4n) is 2.16. The lowest BCUT2D eigenvalue weighted by atomic mass is 10.2. The molecule has 1 amide bonds. The van der Waals surface area contributed by atoms with Crippen LogP contribution in [0.25, 0.3) is 0 Å². The molecular formula is C14H19ClN2O2. The summed E-state index contributed by atoms with van der Waals surface area (Å²) in [6.07, 6.45) is 0.998. The Morgan fingerprint density at radius 1 is 1.58 bits per heavy atom. The van der Waals surface area contributed by atoms with Crippen LogP contribution in [-0.2, 0) is 4.79 Å². The lowest BCUT2D eigenvalue weighted by Gasteiger charge is -2.24. The minimum atomic E-state index is -0.00641. The predicted molar refractivity (Wildman–Crippen MR) is 75.7 cm³/mol. The molecule has 0 bridgehead atoms. The number of amides is 1. The van der Waals surface area contributed by atoms with Crippen LogP contribution in [0.1, 0.15) is 12.0 Å². The summed E-state index contributed by atoms with van der Waals surface area (Å²) in [6.45, 7) is 3.76. The highest BCUT2D eigenvalue weighted by molar-refractivity contribution is 6.31. The van der Waals surface area contributed by atoms with E-state index in [1.165, 1.54) is 0 Å². The zero-order chi connectivity index (χ0) is 13.8. The normalized spacial score (nSPS) is 18.4. The average molecular weight is 283 g/mol. The Balaban J connectivity index is 1.91. The smallest absolute Gasteiger partial charge is 0.260 e. The van der Waals surface area contributed by atoms with Gasteiger partial charge in [-0.3, -0.25) is 4.79 Å². The predicted octanol–water partition coefficient (Wildman–Crippen LogP) is 1.85. The van der Waals surface area contributed by atoms with E-state index in [4.69, 9.17) is 16.3 Å². The number of hydrogen-bond acceptors (Lipinski definition) is 3.